The van der Waals surface area contributed by atoms with Crippen LogP contribution < -0.4 is 0 Å². The SMILES string of the molecule is CSc1ccc(-c2c3nc(cc4ccc(cc5nc(c(-c6ccc(C(F)(F)F)cc6)c6ccc2[nH]6)C=C5)[nH]4)C=C3)cc1. The number of halogens is 3. The standard InChI is InChI=1S/C34H23F3N4S/c1-42-27-12-4-21(5-13-27)33-29-15-11-26(40-29)19-24-9-8-23(38-24)18-25-10-14-28(39-25)32(30-16-17-31(33)41-30)20-2-6-22(7-3-20)34(35,36)37/h2-19,38,41H,1H3. The quantitative estimate of drug-likeness (QED) is 0.206. The summed E-state index contributed by atoms with van der Waals surface area (Å²) >= 11 is 1.67. The predicted octanol–water partition coefficient (Wildman–Crippen LogP) is 9.73. The maximum Gasteiger partial charge on any atom is 0.416 e. The first-order valence-corrected chi connectivity index (χ1v) is 14.5. The van der Waals surface area contributed by atoms with E-state index in [2.05, 4.69) is 34.2 Å². The second-order valence-electron chi connectivity index (χ2n) is 10.0. The Morgan fingerprint density at radius 3 is 1.57 bits per heavy atom. The van der Waals surface area contributed by atoms with E-state index in [0.29, 0.717) is 16.8 Å². The van der Waals surface area contributed by atoms with Crippen molar-refractivity contribution in [2.75, 3.05) is 6.26 Å². The van der Waals surface area contributed by atoms with Crippen LogP contribution in [0.15, 0.2) is 89.8 Å². The van der Waals surface area contributed by atoms with Crippen molar-refractivity contribution in [3.63, 3.8) is 0 Å². The molecule has 0 atom stereocenters. The molecule has 0 unspecified atom stereocenters. The molecule has 2 aliphatic rings. The van der Waals surface area contributed by atoms with E-state index < -0.39 is 11.7 Å². The summed E-state index contributed by atoms with van der Waals surface area (Å²) in [5.41, 5.74) is 8.92. The van der Waals surface area contributed by atoms with Gasteiger partial charge in [-0.05, 0) is 102 Å². The molecule has 2 N–H and O–H groups in total. The number of hydrogen-bond acceptors (Lipinski definition) is 3. The van der Waals surface area contributed by atoms with Gasteiger partial charge in [0.05, 0.1) is 28.3 Å². The highest BCUT2D eigenvalue weighted by Crippen LogP contribution is 2.36. The summed E-state index contributed by atoms with van der Waals surface area (Å²) in [4.78, 5) is 17.9. The average Bonchev–Trinajstić information content (AvgIpc) is 3.80. The highest BCUT2D eigenvalue weighted by Gasteiger charge is 2.30. The summed E-state index contributed by atoms with van der Waals surface area (Å²) in [5, 5.41) is 0. The summed E-state index contributed by atoms with van der Waals surface area (Å²) in [7, 11) is 0. The van der Waals surface area contributed by atoms with Crippen LogP contribution in [0, 0.1) is 0 Å². The van der Waals surface area contributed by atoms with Gasteiger partial charge in [-0.1, -0.05) is 24.3 Å². The number of hydrogen-bond donors (Lipinski definition) is 2. The van der Waals surface area contributed by atoms with Crippen LogP contribution in [0.3, 0.4) is 0 Å². The van der Waals surface area contributed by atoms with Crippen molar-refractivity contribution in [3.8, 4) is 22.3 Å². The van der Waals surface area contributed by atoms with Crippen LogP contribution in [0.4, 0.5) is 13.2 Å². The molecule has 0 radical (unpaired) electrons. The molecule has 0 aliphatic carbocycles. The Morgan fingerprint density at radius 1 is 0.595 bits per heavy atom. The maximum absolute atomic E-state index is 13.4. The van der Waals surface area contributed by atoms with Crippen LogP contribution in [0.25, 0.3) is 68.6 Å². The van der Waals surface area contributed by atoms with Gasteiger partial charge in [0.15, 0.2) is 0 Å². The van der Waals surface area contributed by atoms with Gasteiger partial charge in [0.25, 0.3) is 0 Å². The fourth-order valence-corrected chi connectivity index (χ4v) is 5.67. The molecular formula is C34H23F3N4S. The zero-order chi connectivity index (χ0) is 28.8. The minimum atomic E-state index is -4.42. The van der Waals surface area contributed by atoms with E-state index in [1.807, 2.05) is 67.0 Å². The van der Waals surface area contributed by atoms with E-state index in [1.165, 1.54) is 12.1 Å². The molecule has 2 aliphatic heterocycles. The van der Waals surface area contributed by atoms with Crippen molar-refractivity contribution in [3.05, 3.63) is 113 Å². The maximum atomic E-state index is 13.4. The van der Waals surface area contributed by atoms with E-state index in [-0.39, 0.29) is 0 Å². The van der Waals surface area contributed by atoms with Crippen molar-refractivity contribution in [1.29, 1.82) is 0 Å². The average molecular weight is 577 g/mol. The van der Waals surface area contributed by atoms with Crippen LogP contribution in [0.2, 0.25) is 0 Å². The number of thioether (sulfide) groups is 1. The normalized spacial score (nSPS) is 12.7. The lowest BCUT2D eigenvalue weighted by atomic mass is 10.0. The second-order valence-corrected chi connectivity index (χ2v) is 10.9. The summed E-state index contributed by atoms with van der Waals surface area (Å²) in [6.45, 7) is 0. The van der Waals surface area contributed by atoms with E-state index in [0.717, 1.165) is 67.3 Å². The van der Waals surface area contributed by atoms with Gasteiger partial charge >= 0.3 is 6.18 Å². The lowest BCUT2D eigenvalue weighted by Crippen LogP contribution is -2.04. The van der Waals surface area contributed by atoms with E-state index >= 15 is 0 Å². The fraction of sp³-hybridized carbons (Fsp3) is 0.0588. The van der Waals surface area contributed by atoms with Crippen molar-refractivity contribution in [2.24, 2.45) is 0 Å². The van der Waals surface area contributed by atoms with Crippen molar-refractivity contribution < 1.29 is 13.2 Å². The predicted molar refractivity (Wildman–Crippen MR) is 167 cm³/mol. The molecule has 8 heteroatoms. The Kier molecular flexibility index (Phi) is 6.35. The molecule has 7 rings (SSSR count). The number of alkyl halides is 3. The van der Waals surface area contributed by atoms with Crippen LogP contribution in [0.5, 0.6) is 0 Å². The Balaban J connectivity index is 1.57. The smallest absolute Gasteiger partial charge is 0.355 e. The minimum absolute atomic E-state index is 0.624. The molecule has 0 saturated heterocycles. The third-order valence-electron chi connectivity index (χ3n) is 7.28. The monoisotopic (exact) mass is 576 g/mol. The summed E-state index contributed by atoms with van der Waals surface area (Å²) in [5.74, 6) is 0. The number of nitrogens with zero attached hydrogens (tertiary/aromatic N) is 2. The fourth-order valence-electron chi connectivity index (χ4n) is 5.26. The number of aromatic amines is 2. The molecule has 42 heavy (non-hydrogen) atoms. The molecule has 0 amide bonds. The lowest BCUT2D eigenvalue weighted by molar-refractivity contribution is -0.137. The summed E-state index contributed by atoms with van der Waals surface area (Å²) < 4.78 is 40.1. The minimum Gasteiger partial charge on any atom is -0.355 e. The highest BCUT2D eigenvalue weighted by molar-refractivity contribution is 7.98. The Labute approximate surface area is 243 Å². The first-order chi connectivity index (χ1) is 20.3. The molecule has 0 spiro atoms. The highest BCUT2D eigenvalue weighted by atomic mass is 32.2. The Morgan fingerprint density at radius 2 is 1.10 bits per heavy atom. The van der Waals surface area contributed by atoms with Gasteiger partial charge < -0.3 is 9.97 Å². The van der Waals surface area contributed by atoms with Crippen LogP contribution in [-0.2, 0) is 6.18 Å². The van der Waals surface area contributed by atoms with Crippen LogP contribution in [0.1, 0.15) is 28.3 Å². The van der Waals surface area contributed by atoms with Crippen LogP contribution >= 0.6 is 11.8 Å². The zero-order valence-electron chi connectivity index (χ0n) is 22.3. The number of aromatic nitrogens is 4. The summed E-state index contributed by atoms with van der Waals surface area (Å²) in [6.07, 6.45) is 5.41. The Hall–Kier alpha value is -4.82. The molecule has 5 heterocycles. The van der Waals surface area contributed by atoms with Gasteiger partial charge in [0.2, 0.25) is 0 Å². The molecular weight excluding hydrogens is 553 g/mol. The van der Waals surface area contributed by atoms with Crippen LogP contribution in [-0.4, -0.2) is 26.2 Å². The molecule has 206 valence electrons. The molecule has 0 fully saturated rings. The van der Waals surface area contributed by atoms with Gasteiger partial charge in [-0.2, -0.15) is 13.2 Å². The zero-order valence-corrected chi connectivity index (χ0v) is 23.1. The van der Waals surface area contributed by atoms with E-state index in [4.69, 9.17) is 9.97 Å². The van der Waals surface area contributed by atoms with Gasteiger partial charge in [-0.15, -0.1) is 11.8 Å². The topological polar surface area (TPSA) is 57.4 Å². The first kappa shape index (κ1) is 26.1. The molecule has 5 aromatic rings. The first-order valence-electron chi connectivity index (χ1n) is 13.3. The van der Waals surface area contributed by atoms with E-state index in [9.17, 15) is 13.2 Å². The third kappa shape index (κ3) is 4.94. The summed E-state index contributed by atoms with van der Waals surface area (Å²) in [6, 6.07) is 25.4. The number of benzene rings is 2. The van der Waals surface area contributed by atoms with Crippen molar-refractivity contribution in [2.45, 2.75) is 11.1 Å². The van der Waals surface area contributed by atoms with Crippen molar-refractivity contribution in [1.82, 2.24) is 19.9 Å². The lowest BCUT2D eigenvalue weighted by Gasteiger charge is -2.09. The molecule has 4 nitrogen and oxygen atoms in total. The molecule has 8 bridgehead atoms. The third-order valence-corrected chi connectivity index (χ3v) is 8.02. The number of rotatable bonds is 3. The van der Waals surface area contributed by atoms with Gasteiger partial charge in [0.1, 0.15) is 0 Å². The molecule has 2 aromatic carbocycles. The van der Waals surface area contributed by atoms with E-state index in [1.54, 1.807) is 11.8 Å². The van der Waals surface area contributed by atoms with Gasteiger partial charge in [0, 0.05) is 38.1 Å². The Bertz CT molecular complexity index is 2050. The van der Waals surface area contributed by atoms with Gasteiger partial charge in [-0.25, -0.2) is 9.97 Å². The number of H-pyrrole nitrogens is 2. The second kappa shape index (κ2) is 10.2. The number of nitrogens with one attached hydrogen (secondary N) is 2. The largest absolute Gasteiger partial charge is 0.416 e. The van der Waals surface area contributed by atoms with Crippen molar-refractivity contribution >= 4 is 58.1 Å². The van der Waals surface area contributed by atoms with Gasteiger partial charge in [-0.3, -0.25) is 0 Å². The number of fused-ring (bicyclic) bond motifs is 8. The molecule has 3 aromatic heterocycles. The molecule has 0 saturated carbocycles.